The summed E-state index contributed by atoms with van der Waals surface area (Å²) in [6.07, 6.45) is 0. The molecule has 0 spiro atoms. The predicted octanol–water partition coefficient (Wildman–Crippen LogP) is 10.4. The van der Waals surface area contributed by atoms with E-state index in [4.69, 9.17) is 4.74 Å². The van der Waals surface area contributed by atoms with Crippen molar-refractivity contribution in [2.45, 2.75) is 10.8 Å². The van der Waals surface area contributed by atoms with Gasteiger partial charge in [0.1, 0.15) is 5.75 Å². The first kappa shape index (κ1) is 32.3. The van der Waals surface area contributed by atoms with E-state index in [2.05, 4.69) is 36.4 Å². The number of para-hydroxylation sites is 2. The maximum absolute atomic E-state index is 16.2. The second-order valence-corrected chi connectivity index (χ2v) is 14.9. The number of rotatable bonds is 6. The number of amides is 2. The van der Waals surface area contributed by atoms with Gasteiger partial charge in [0.25, 0.3) is 0 Å². The highest BCUT2D eigenvalue weighted by molar-refractivity contribution is 6.34. The minimum absolute atomic E-state index is 0.127. The van der Waals surface area contributed by atoms with Crippen LogP contribution in [0.5, 0.6) is 11.5 Å². The highest BCUT2D eigenvalue weighted by atomic mass is 16.5. The van der Waals surface area contributed by atoms with E-state index in [1.807, 2.05) is 140 Å². The number of fused-ring (bicyclic) bond motifs is 13. The van der Waals surface area contributed by atoms with Crippen LogP contribution in [0.15, 0.2) is 188 Å². The molecule has 2 aliphatic carbocycles. The number of anilines is 1. The van der Waals surface area contributed by atoms with E-state index in [-0.39, 0.29) is 5.78 Å². The predicted molar refractivity (Wildman–Crippen MR) is 219 cm³/mol. The highest BCUT2D eigenvalue weighted by Gasteiger charge is 2.82. The van der Waals surface area contributed by atoms with E-state index < -0.39 is 34.5 Å². The number of ether oxygens (including phenoxy) is 1. The number of carbonyl (C=O) groups is 3. The average Bonchev–Trinajstić information content (AvgIpc) is 3.77. The van der Waals surface area contributed by atoms with Gasteiger partial charge in [-0.05, 0) is 79.2 Å². The van der Waals surface area contributed by atoms with Gasteiger partial charge in [0.2, 0.25) is 11.8 Å². The van der Waals surface area contributed by atoms with Gasteiger partial charge in [-0.3, -0.25) is 14.4 Å². The zero-order chi connectivity index (χ0) is 37.6. The smallest absolute Gasteiger partial charge is 0.239 e. The molecule has 2 amide bonds. The van der Waals surface area contributed by atoms with Crippen LogP contribution in [-0.4, -0.2) is 17.6 Å². The van der Waals surface area contributed by atoms with Crippen molar-refractivity contribution < 1.29 is 19.1 Å². The molecular weight excluding hydrogens is 691 g/mol. The number of ketones is 1. The first-order valence-corrected chi connectivity index (χ1v) is 19.0. The number of hydrogen-bond acceptors (Lipinski definition) is 4. The Balaban J connectivity index is 1.15. The van der Waals surface area contributed by atoms with Crippen LogP contribution in [0.2, 0.25) is 0 Å². The lowest BCUT2D eigenvalue weighted by Crippen LogP contribution is -2.45. The summed E-state index contributed by atoms with van der Waals surface area (Å²) in [4.78, 5) is 48.7. The zero-order valence-electron chi connectivity index (χ0n) is 30.1. The van der Waals surface area contributed by atoms with Crippen molar-refractivity contribution >= 4 is 44.8 Å². The second-order valence-electron chi connectivity index (χ2n) is 14.9. The summed E-state index contributed by atoms with van der Waals surface area (Å²) in [5.41, 5.74) is 2.63. The van der Waals surface area contributed by atoms with Crippen molar-refractivity contribution in [3.63, 3.8) is 0 Å². The van der Waals surface area contributed by atoms with Crippen LogP contribution in [0.4, 0.5) is 5.69 Å². The molecule has 4 atom stereocenters. The van der Waals surface area contributed by atoms with Crippen molar-refractivity contribution in [1.82, 2.24) is 0 Å². The van der Waals surface area contributed by atoms with Crippen LogP contribution < -0.4 is 9.64 Å². The van der Waals surface area contributed by atoms with Gasteiger partial charge in [-0.15, -0.1) is 0 Å². The lowest BCUT2D eigenvalue weighted by Gasteiger charge is -2.38. The fourth-order valence-corrected chi connectivity index (χ4v) is 10.4. The number of imide groups is 1. The van der Waals surface area contributed by atoms with Crippen molar-refractivity contribution in [1.29, 1.82) is 0 Å². The Labute approximate surface area is 323 Å². The van der Waals surface area contributed by atoms with Crippen LogP contribution in [0.3, 0.4) is 0 Å². The molecule has 11 rings (SSSR count). The SMILES string of the molecule is O=C1[C@@H]2[C@H](C(=O)N1c1ccccc1Oc1ccc(-c3ccccc3)cc1)[C@@]1(c3ccccc3)C(=O)[C@]2(c2ccccc2)c2c1c1ccccc1c1ccccc21. The molecule has 1 aliphatic heterocycles. The first-order chi connectivity index (χ1) is 27.6. The van der Waals surface area contributed by atoms with Crippen molar-refractivity contribution in [2.24, 2.45) is 11.8 Å². The molecule has 56 heavy (non-hydrogen) atoms. The minimum Gasteiger partial charge on any atom is -0.455 e. The van der Waals surface area contributed by atoms with Crippen molar-refractivity contribution in [3.05, 3.63) is 210 Å². The molecule has 2 fully saturated rings. The molecule has 8 aromatic carbocycles. The maximum Gasteiger partial charge on any atom is 0.239 e. The third kappa shape index (κ3) is 4.06. The standard InChI is InChI=1S/C51H33NO4/c53-47-45-46(48(54)52(47)41-26-14-15-27-42(41)56-36-30-28-33(29-31-36)32-16-4-1-5-17-32)51(35-20-8-3-9-21-35)44-40-25-13-11-23-38(40)37-22-10-12-24-39(37)43(44)50(45,49(51)55)34-18-6-2-7-19-34/h1-31,45-46H/t45-,46+,50+,51-. The molecule has 5 heteroatoms. The van der Waals surface area contributed by atoms with E-state index in [0.717, 1.165) is 43.8 Å². The summed E-state index contributed by atoms with van der Waals surface area (Å²) in [5.74, 6) is -2.03. The summed E-state index contributed by atoms with van der Waals surface area (Å²) in [5, 5.41) is 3.83. The highest BCUT2D eigenvalue weighted by Crippen LogP contribution is 2.72. The normalized spacial score (nSPS) is 22.1. The monoisotopic (exact) mass is 723 g/mol. The second kappa shape index (κ2) is 11.9. The van der Waals surface area contributed by atoms with Crippen molar-refractivity contribution in [3.8, 4) is 22.6 Å². The molecule has 1 heterocycles. The third-order valence-corrected chi connectivity index (χ3v) is 12.4. The van der Waals surface area contributed by atoms with Gasteiger partial charge in [-0.25, -0.2) is 4.90 Å². The Morgan fingerprint density at radius 3 is 1.34 bits per heavy atom. The molecule has 1 saturated carbocycles. The fraction of sp³-hybridized carbons (Fsp3) is 0.0784. The topological polar surface area (TPSA) is 63.7 Å². The number of nitrogens with zero attached hydrogens (tertiary/aromatic N) is 1. The van der Waals surface area contributed by atoms with E-state index in [1.165, 1.54) is 4.90 Å². The van der Waals surface area contributed by atoms with Crippen LogP contribution in [0, 0.1) is 11.8 Å². The Morgan fingerprint density at radius 1 is 0.411 bits per heavy atom. The zero-order valence-corrected chi connectivity index (χ0v) is 30.1. The quantitative estimate of drug-likeness (QED) is 0.127. The Morgan fingerprint density at radius 2 is 0.821 bits per heavy atom. The summed E-state index contributed by atoms with van der Waals surface area (Å²) >= 11 is 0. The Bertz CT molecular complexity index is 2770. The molecule has 3 aliphatic rings. The van der Waals surface area contributed by atoms with Crippen LogP contribution in [0.1, 0.15) is 22.3 Å². The van der Waals surface area contributed by atoms with Gasteiger partial charge in [-0.2, -0.15) is 0 Å². The average molecular weight is 724 g/mol. The van der Waals surface area contributed by atoms with Crippen LogP contribution >= 0.6 is 0 Å². The maximum atomic E-state index is 16.2. The van der Waals surface area contributed by atoms with E-state index in [9.17, 15) is 0 Å². The summed E-state index contributed by atoms with van der Waals surface area (Å²) in [7, 11) is 0. The number of hydrogen-bond donors (Lipinski definition) is 0. The summed E-state index contributed by atoms with van der Waals surface area (Å²) < 4.78 is 6.51. The van der Waals surface area contributed by atoms with Gasteiger partial charge in [0.05, 0.1) is 28.4 Å². The lowest BCUT2D eigenvalue weighted by atomic mass is 9.59. The summed E-state index contributed by atoms with van der Waals surface area (Å²) in [6, 6.07) is 60.7. The van der Waals surface area contributed by atoms with Crippen molar-refractivity contribution in [2.75, 3.05) is 4.90 Å². The number of Topliss-reactive ketones (excluding diaryl/α,β-unsaturated/α-hetero) is 1. The third-order valence-electron chi connectivity index (χ3n) is 12.4. The van der Waals surface area contributed by atoms with Gasteiger partial charge >= 0.3 is 0 Å². The lowest BCUT2D eigenvalue weighted by molar-refractivity contribution is -0.130. The molecule has 0 aromatic heterocycles. The molecule has 266 valence electrons. The van der Waals surface area contributed by atoms with Crippen LogP contribution in [-0.2, 0) is 25.2 Å². The molecular formula is C51H33NO4. The Kier molecular flexibility index (Phi) is 6.90. The van der Waals surface area contributed by atoms with Crippen LogP contribution in [0.25, 0.3) is 32.7 Å². The van der Waals surface area contributed by atoms with E-state index in [1.54, 1.807) is 12.1 Å². The fourth-order valence-electron chi connectivity index (χ4n) is 10.4. The summed E-state index contributed by atoms with van der Waals surface area (Å²) in [6.45, 7) is 0. The first-order valence-electron chi connectivity index (χ1n) is 19.0. The number of benzene rings is 8. The molecule has 0 N–H and O–H groups in total. The van der Waals surface area contributed by atoms with E-state index >= 15 is 14.4 Å². The minimum atomic E-state index is -1.45. The van der Waals surface area contributed by atoms with Gasteiger partial charge in [-0.1, -0.05) is 164 Å². The number of carbonyl (C=O) groups excluding carboxylic acids is 3. The largest absolute Gasteiger partial charge is 0.455 e. The molecule has 5 nitrogen and oxygen atoms in total. The molecule has 0 unspecified atom stereocenters. The Hall–Kier alpha value is -7.11. The molecule has 1 saturated heterocycles. The molecule has 8 aromatic rings. The van der Waals surface area contributed by atoms with Gasteiger partial charge < -0.3 is 4.74 Å². The molecule has 0 radical (unpaired) electrons. The van der Waals surface area contributed by atoms with E-state index in [0.29, 0.717) is 28.3 Å². The van der Waals surface area contributed by atoms with Gasteiger partial charge in [0, 0.05) is 0 Å². The molecule has 2 bridgehead atoms. The van der Waals surface area contributed by atoms with Gasteiger partial charge in [0.15, 0.2) is 11.5 Å².